The van der Waals surface area contributed by atoms with Gasteiger partial charge in [-0.25, -0.2) is 5.43 Å². The fourth-order valence-electron chi connectivity index (χ4n) is 1.41. The molecule has 1 heterocycles. The van der Waals surface area contributed by atoms with E-state index in [2.05, 4.69) is 10.5 Å². The highest BCUT2D eigenvalue weighted by Gasteiger charge is 2.01. The van der Waals surface area contributed by atoms with Crippen molar-refractivity contribution < 1.29 is 9.53 Å². The van der Waals surface area contributed by atoms with Gasteiger partial charge in [-0.3, -0.25) is 4.79 Å². The number of hydrazone groups is 1. The Morgan fingerprint density at radius 2 is 2.37 bits per heavy atom. The monoisotopic (exact) mass is 274 g/mol. The molecule has 0 aliphatic rings. The summed E-state index contributed by atoms with van der Waals surface area (Å²) in [5.74, 6) is 0.393. The first-order valence-electron chi connectivity index (χ1n) is 5.77. The van der Waals surface area contributed by atoms with Crippen molar-refractivity contribution in [3.05, 3.63) is 52.2 Å². The number of nitrogens with zero attached hydrogens (tertiary/aromatic N) is 1. The van der Waals surface area contributed by atoms with E-state index in [0.717, 1.165) is 11.1 Å². The molecule has 0 radical (unpaired) electrons. The average Bonchev–Trinajstić information content (AvgIpc) is 2.90. The van der Waals surface area contributed by atoms with E-state index in [1.165, 1.54) is 0 Å². The normalized spacial score (nSPS) is 10.6. The minimum Gasteiger partial charge on any atom is -0.484 e. The number of carbonyl (C=O) groups is 1. The average molecular weight is 274 g/mol. The lowest BCUT2D eigenvalue weighted by Crippen LogP contribution is -2.24. The van der Waals surface area contributed by atoms with Crippen molar-refractivity contribution in [3.63, 3.8) is 0 Å². The summed E-state index contributed by atoms with van der Waals surface area (Å²) in [6.45, 7) is 1.92. The van der Waals surface area contributed by atoms with Gasteiger partial charge >= 0.3 is 0 Å². The molecule has 0 saturated heterocycles. The summed E-state index contributed by atoms with van der Waals surface area (Å²) >= 11 is 1.58. The molecule has 0 aliphatic heterocycles. The molecule has 98 valence electrons. The fraction of sp³-hybridized carbons (Fsp3) is 0.143. The second-order valence-electron chi connectivity index (χ2n) is 3.96. The maximum Gasteiger partial charge on any atom is 0.277 e. The van der Waals surface area contributed by atoms with Gasteiger partial charge in [0.15, 0.2) is 6.61 Å². The number of hydrogen-bond acceptors (Lipinski definition) is 4. The maximum atomic E-state index is 11.5. The van der Waals surface area contributed by atoms with E-state index in [1.54, 1.807) is 17.6 Å². The van der Waals surface area contributed by atoms with Crippen LogP contribution in [0.2, 0.25) is 0 Å². The molecule has 1 aromatic carbocycles. The summed E-state index contributed by atoms with van der Waals surface area (Å²) in [6.07, 6.45) is 1.60. The standard InChI is InChI=1S/C14H14N2O2S/c1-11-3-2-4-13(7-11)18-9-14(17)16-15-8-12-5-6-19-10-12/h2-8,10H,9H2,1H3,(H,16,17)/b15-8-. The Labute approximate surface area is 115 Å². The molecule has 0 aliphatic carbocycles. The third-order valence-corrected chi connectivity index (χ3v) is 3.01. The second kappa shape index (κ2) is 6.70. The molecular weight excluding hydrogens is 260 g/mol. The van der Waals surface area contributed by atoms with Gasteiger partial charge in [-0.15, -0.1) is 0 Å². The number of thiophene rings is 1. The number of aryl methyl sites for hydroxylation is 1. The highest BCUT2D eigenvalue weighted by atomic mass is 32.1. The molecule has 0 saturated carbocycles. The molecule has 0 fully saturated rings. The fourth-order valence-corrected chi connectivity index (χ4v) is 2.02. The summed E-state index contributed by atoms with van der Waals surface area (Å²) in [6, 6.07) is 9.47. The maximum absolute atomic E-state index is 11.5. The first-order chi connectivity index (χ1) is 9.24. The van der Waals surface area contributed by atoms with Gasteiger partial charge in [-0.2, -0.15) is 16.4 Å². The molecule has 1 aromatic heterocycles. The van der Waals surface area contributed by atoms with Crippen molar-refractivity contribution in [2.75, 3.05) is 6.61 Å². The molecule has 0 unspecified atom stereocenters. The van der Waals surface area contributed by atoms with Gasteiger partial charge in [-0.1, -0.05) is 12.1 Å². The quantitative estimate of drug-likeness (QED) is 0.673. The van der Waals surface area contributed by atoms with Crippen LogP contribution in [0.3, 0.4) is 0 Å². The van der Waals surface area contributed by atoms with Crippen LogP contribution in [0.5, 0.6) is 5.75 Å². The van der Waals surface area contributed by atoms with E-state index < -0.39 is 0 Å². The first-order valence-corrected chi connectivity index (χ1v) is 6.72. The number of rotatable bonds is 5. The Kier molecular flexibility index (Phi) is 4.69. The van der Waals surface area contributed by atoms with Crippen molar-refractivity contribution in [2.24, 2.45) is 5.10 Å². The second-order valence-corrected chi connectivity index (χ2v) is 4.74. The predicted octanol–water partition coefficient (Wildman–Crippen LogP) is 2.59. The Morgan fingerprint density at radius 1 is 1.47 bits per heavy atom. The lowest BCUT2D eigenvalue weighted by Gasteiger charge is -2.05. The van der Waals surface area contributed by atoms with Crippen molar-refractivity contribution in [2.45, 2.75) is 6.92 Å². The molecule has 1 amide bonds. The van der Waals surface area contributed by atoms with Gasteiger partial charge < -0.3 is 4.74 Å². The molecule has 0 spiro atoms. The molecule has 2 aromatic rings. The van der Waals surface area contributed by atoms with E-state index in [-0.39, 0.29) is 12.5 Å². The minimum absolute atomic E-state index is 0.0512. The Bertz CT molecular complexity index is 565. The van der Waals surface area contributed by atoms with Crippen LogP contribution in [-0.2, 0) is 4.79 Å². The molecule has 5 heteroatoms. The van der Waals surface area contributed by atoms with Crippen LogP contribution in [0, 0.1) is 6.92 Å². The van der Waals surface area contributed by atoms with E-state index in [0.29, 0.717) is 5.75 Å². The third-order valence-electron chi connectivity index (χ3n) is 2.31. The van der Waals surface area contributed by atoms with E-state index >= 15 is 0 Å². The van der Waals surface area contributed by atoms with Gasteiger partial charge in [0.25, 0.3) is 5.91 Å². The molecular formula is C14H14N2O2S. The van der Waals surface area contributed by atoms with E-state index in [4.69, 9.17) is 4.74 Å². The first kappa shape index (κ1) is 13.3. The van der Waals surface area contributed by atoms with Crippen LogP contribution in [0.15, 0.2) is 46.2 Å². The van der Waals surface area contributed by atoms with Crippen LogP contribution in [0.25, 0.3) is 0 Å². The van der Waals surface area contributed by atoms with Crippen LogP contribution in [0.1, 0.15) is 11.1 Å². The Morgan fingerprint density at radius 3 is 3.11 bits per heavy atom. The van der Waals surface area contributed by atoms with Crippen LogP contribution in [0.4, 0.5) is 0 Å². The minimum atomic E-state index is -0.284. The number of amides is 1. The van der Waals surface area contributed by atoms with Crippen molar-refractivity contribution >= 4 is 23.5 Å². The number of ether oxygens (including phenoxy) is 1. The van der Waals surface area contributed by atoms with E-state index in [1.807, 2.05) is 48.0 Å². The molecule has 1 N–H and O–H groups in total. The summed E-state index contributed by atoms with van der Waals surface area (Å²) < 4.78 is 5.35. The predicted molar refractivity (Wildman–Crippen MR) is 76.7 cm³/mol. The Hall–Kier alpha value is -2.14. The number of carbonyl (C=O) groups excluding carboxylic acids is 1. The van der Waals surface area contributed by atoms with Crippen LogP contribution in [-0.4, -0.2) is 18.7 Å². The SMILES string of the molecule is Cc1cccc(OCC(=O)N/N=C\c2ccsc2)c1. The largest absolute Gasteiger partial charge is 0.484 e. The highest BCUT2D eigenvalue weighted by Crippen LogP contribution is 2.11. The van der Waals surface area contributed by atoms with Gasteiger partial charge in [0.1, 0.15) is 5.75 Å². The highest BCUT2D eigenvalue weighted by molar-refractivity contribution is 7.08. The topological polar surface area (TPSA) is 50.7 Å². The van der Waals surface area contributed by atoms with Crippen molar-refractivity contribution in [3.8, 4) is 5.75 Å². The summed E-state index contributed by atoms with van der Waals surface area (Å²) in [5, 5.41) is 7.74. The van der Waals surface area contributed by atoms with E-state index in [9.17, 15) is 4.79 Å². The summed E-state index contributed by atoms with van der Waals surface area (Å²) in [4.78, 5) is 11.5. The third kappa shape index (κ3) is 4.56. The zero-order valence-corrected chi connectivity index (χ0v) is 11.3. The zero-order valence-electron chi connectivity index (χ0n) is 10.5. The van der Waals surface area contributed by atoms with Crippen molar-refractivity contribution in [1.29, 1.82) is 0 Å². The molecule has 4 nitrogen and oxygen atoms in total. The van der Waals surface area contributed by atoms with Gasteiger partial charge in [0.2, 0.25) is 0 Å². The molecule has 0 atom stereocenters. The van der Waals surface area contributed by atoms with Crippen LogP contribution < -0.4 is 10.2 Å². The lowest BCUT2D eigenvalue weighted by molar-refractivity contribution is -0.123. The van der Waals surface area contributed by atoms with Crippen molar-refractivity contribution in [1.82, 2.24) is 5.43 Å². The summed E-state index contributed by atoms with van der Waals surface area (Å²) in [5.41, 5.74) is 4.47. The number of nitrogens with one attached hydrogen (secondary N) is 1. The van der Waals surface area contributed by atoms with Gasteiger partial charge in [-0.05, 0) is 41.4 Å². The zero-order chi connectivity index (χ0) is 13.5. The summed E-state index contributed by atoms with van der Waals surface area (Å²) in [7, 11) is 0. The molecule has 0 bridgehead atoms. The van der Waals surface area contributed by atoms with Crippen LogP contribution >= 0.6 is 11.3 Å². The lowest BCUT2D eigenvalue weighted by atomic mass is 10.2. The molecule has 19 heavy (non-hydrogen) atoms. The van der Waals surface area contributed by atoms with Gasteiger partial charge in [0.05, 0.1) is 6.21 Å². The number of benzene rings is 1. The number of hydrogen-bond donors (Lipinski definition) is 1. The molecule has 2 rings (SSSR count). The smallest absolute Gasteiger partial charge is 0.277 e. The van der Waals surface area contributed by atoms with Gasteiger partial charge in [0, 0.05) is 5.56 Å². The Balaban J connectivity index is 1.76.